The van der Waals surface area contributed by atoms with E-state index < -0.39 is 0 Å². The number of benzene rings is 2. The van der Waals surface area contributed by atoms with Crippen LogP contribution in [0.5, 0.6) is 11.5 Å². The lowest BCUT2D eigenvalue weighted by molar-refractivity contribution is 0.470. The molecule has 0 saturated carbocycles. The summed E-state index contributed by atoms with van der Waals surface area (Å²) in [4.78, 5) is 0. The first-order valence-electron chi connectivity index (χ1n) is 7.78. The highest BCUT2D eigenvalue weighted by molar-refractivity contribution is 5.40. The minimum Gasteiger partial charge on any atom is -0.457 e. The molecule has 0 aliphatic carbocycles. The molecule has 2 aromatic rings. The zero-order valence-corrected chi connectivity index (χ0v) is 13.2. The predicted octanol–water partition coefficient (Wildman–Crippen LogP) is 5.40. The van der Waals surface area contributed by atoms with E-state index in [0.29, 0.717) is 5.92 Å². The molecule has 2 atom stereocenters. The number of nitrogens with two attached hydrogens (primary N) is 1. The molecule has 2 heteroatoms. The highest BCUT2D eigenvalue weighted by atomic mass is 16.5. The molecule has 0 amide bonds. The Kier molecular flexibility index (Phi) is 5.40. The van der Waals surface area contributed by atoms with Crippen molar-refractivity contribution < 1.29 is 4.74 Å². The maximum atomic E-state index is 6.06. The molecule has 2 N–H and O–H groups in total. The van der Waals surface area contributed by atoms with E-state index in [1.165, 1.54) is 5.56 Å². The topological polar surface area (TPSA) is 35.2 Å². The maximum Gasteiger partial charge on any atom is 0.130 e. The molecule has 2 rings (SSSR count). The molecule has 21 heavy (non-hydrogen) atoms. The zero-order valence-electron chi connectivity index (χ0n) is 13.2. The lowest BCUT2D eigenvalue weighted by atomic mass is 9.98. The van der Waals surface area contributed by atoms with Gasteiger partial charge in [0.2, 0.25) is 0 Å². The van der Waals surface area contributed by atoms with E-state index in [-0.39, 0.29) is 6.04 Å². The fraction of sp³-hybridized carbons (Fsp3) is 0.368. The SMILES string of the molecule is CCC(C)c1ccccc1Oc1ccc([C@H](N)CC)cc1. The summed E-state index contributed by atoms with van der Waals surface area (Å²) in [6.45, 7) is 6.52. The van der Waals surface area contributed by atoms with Crippen molar-refractivity contribution in [2.45, 2.75) is 45.6 Å². The summed E-state index contributed by atoms with van der Waals surface area (Å²) in [7, 11) is 0. The van der Waals surface area contributed by atoms with Crippen LogP contribution in [0.25, 0.3) is 0 Å². The van der Waals surface area contributed by atoms with Gasteiger partial charge in [0, 0.05) is 6.04 Å². The number of rotatable bonds is 6. The van der Waals surface area contributed by atoms with Crippen molar-refractivity contribution in [3.63, 3.8) is 0 Å². The van der Waals surface area contributed by atoms with E-state index in [2.05, 4.69) is 45.0 Å². The summed E-state index contributed by atoms with van der Waals surface area (Å²) in [6.07, 6.45) is 2.04. The van der Waals surface area contributed by atoms with Gasteiger partial charge in [-0.15, -0.1) is 0 Å². The molecule has 1 unspecified atom stereocenters. The molecule has 0 radical (unpaired) electrons. The Bertz CT molecular complexity index is 562. The second kappa shape index (κ2) is 7.28. The van der Waals surface area contributed by atoms with E-state index >= 15 is 0 Å². The van der Waals surface area contributed by atoms with Crippen LogP contribution >= 0.6 is 0 Å². The third kappa shape index (κ3) is 3.85. The third-order valence-electron chi connectivity index (χ3n) is 4.04. The number of hydrogen-bond acceptors (Lipinski definition) is 2. The van der Waals surface area contributed by atoms with Crippen molar-refractivity contribution >= 4 is 0 Å². The van der Waals surface area contributed by atoms with Crippen LogP contribution in [-0.2, 0) is 0 Å². The monoisotopic (exact) mass is 283 g/mol. The van der Waals surface area contributed by atoms with Crippen LogP contribution in [0.3, 0.4) is 0 Å². The van der Waals surface area contributed by atoms with E-state index in [0.717, 1.165) is 29.9 Å². The second-order valence-electron chi connectivity index (χ2n) is 5.53. The zero-order chi connectivity index (χ0) is 15.2. The molecule has 0 heterocycles. The largest absolute Gasteiger partial charge is 0.457 e. The lowest BCUT2D eigenvalue weighted by Gasteiger charge is -2.16. The number of hydrogen-bond donors (Lipinski definition) is 1. The van der Waals surface area contributed by atoms with Crippen LogP contribution in [0, 0.1) is 0 Å². The van der Waals surface area contributed by atoms with Gasteiger partial charge in [0.25, 0.3) is 0 Å². The summed E-state index contributed by atoms with van der Waals surface area (Å²) in [5, 5.41) is 0. The van der Waals surface area contributed by atoms with E-state index in [1.54, 1.807) is 0 Å². The van der Waals surface area contributed by atoms with Gasteiger partial charge in [0.05, 0.1) is 0 Å². The molecule has 0 spiro atoms. The van der Waals surface area contributed by atoms with Crippen molar-refractivity contribution in [3.8, 4) is 11.5 Å². The smallest absolute Gasteiger partial charge is 0.130 e. The summed E-state index contributed by atoms with van der Waals surface area (Å²) >= 11 is 0. The summed E-state index contributed by atoms with van der Waals surface area (Å²) < 4.78 is 6.06. The number of para-hydroxylation sites is 1. The average molecular weight is 283 g/mol. The van der Waals surface area contributed by atoms with Gasteiger partial charge in [-0.1, -0.05) is 51.1 Å². The normalized spacial score (nSPS) is 13.7. The van der Waals surface area contributed by atoms with Crippen molar-refractivity contribution in [1.82, 2.24) is 0 Å². The third-order valence-corrected chi connectivity index (χ3v) is 4.04. The van der Waals surface area contributed by atoms with Gasteiger partial charge in [-0.05, 0) is 48.1 Å². The molecule has 0 fully saturated rings. The summed E-state index contributed by atoms with van der Waals surface area (Å²) in [6, 6.07) is 16.5. The predicted molar refractivity (Wildman–Crippen MR) is 88.9 cm³/mol. The lowest BCUT2D eigenvalue weighted by Crippen LogP contribution is -2.08. The average Bonchev–Trinajstić information content (AvgIpc) is 2.54. The van der Waals surface area contributed by atoms with E-state index in [9.17, 15) is 0 Å². The minimum atomic E-state index is 0.103. The Morgan fingerprint density at radius 1 is 0.952 bits per heavy atom. The van der Waals surface area contributed by atoms with Gasteiger partial charge < -0.3 is 10.5 Å². The van der Waals surface area contributed by atoms with E-state index in [1.807, 2.05) is 24.3 Å². The van der Waals surface area contributed by atoms with Crippen LogP contribution < -0.4 is 10.5 Å². The summed E-state index contributed by atoms with van der Waals surface area (Å²) in [5.41, 5.74) is 8.45. The van der Waals surface area contributed by atoms with Crippen LogP contribution in [0.4, 0.5) is 0 Å². The molecule has 0 saturated heterocycles. The Morgan fingerprint density at radius 2 is 1.62 bits per heavy atom. The van der Waals surface area contributed by atoms with Crippen molar-refractivity contribution in [3.05, 3.63) is 59.7 Å². The van der Waals surface area contributed by atoms with Gasteiger partial charge in [-0.2, -0.15) is 0 Å². The first kappa shape index (κ1) is 15.6. The van der Waals surface area contributed by atoms with Crippen LogP contribution in [-0.4, -0.2) is 0 Å². The van der Waals surface area contributed by atoms with Gasteiger partial charge in [-0.25, -0.2) is 0 Å². The molecule has 0 bridgehead atoms. The fourth-order valence-corrected chi connectivity index (χ4v) is 2.35. The van der Waals surface area contributed by atoms with Gasteiger partial charge >= 0.3 is 0 Å². The second-order valence-corrected chi connectivity index (χ2v) is 5.53. The van der Waals surface area contributed by atoms with Crippen molar-refractivity contribution in [2.24, 2.45) is 5.73 Å². The highest BCUT2D eigenvalue weighted by Crippen LogP contribution is 2.32. The first-order valence-corrected chi connectivity index (χ1v) is 7.78. The Morgan fingerprint density at radius 3 is 2.24 bits per heavy atom. The molecular weight excluding hydrogens is 258 g/mol. The molecule has 0 aliphatic rings. The van der Waals surface area contributed by atoms with Crippen molar-refractivity contribution in [2.75, 3.05) is 0 Å². The van der Waals surface area contributed by atoms with Gasteiger partial charge in [0.15, 0.2) is 0 Å². The fourth-order valence-electron chi connectivity index (χ4n) is 2.35. The van der Waals surface area contributed by atoms with Gasteiger partial charge in [-0.3, -0.25) is 0 Å². The standard InChI is InChI=1S/C19H25NO/c1-4-14(3)17-8-6-7-9-19(17)21-16-12-10-15(11-13-16)18(20)5-2/h6-14,18H,4-5,20H2,1-3H3/t14?,18-/m1/s1. The highest BCUT2D eigenvalue weighted by Gasteiger charge is 2.10. The van der Waals surface area contributed by atoms with Crippen LogP contribution in [0.2, 0.25) is 0 Å². The Labute approximate surface area is 127 Å². The Balaban J connectivity index is 2.19. The van der Waals surface area contributed by atoms with Crippen LogP contribution in [0.15, 0.2) is 48.5 Å². The Hall–Kier alpha value is -1.80. The number of ether oxygens (including phenoxy) is 1. The first-order chi connectivity index (χ1) is 10.2. The summed E-state index contributed by atoms with van der Waals surface area (Å²) in [5.74, 6) is 2.30. The molecule has 2 aromatic carbocycles. The minimum absolute atomic E-state index is 0.103. The van der Waals surface area contributed by atoms with Crippen LogP contribution in [0.1, 0.15) is 56.7 Å². The molecule has 112 valence electrons. The van der Waals surface area contributed by atoms with E-state index in [4.69, 9.17) is 10.5 Å². The van der Waals surface area contributed by atoms with Crippen molar-refractivity contribution in [1.29, 1.82) is 0 Å². The molecular formula is C19H25NO. The molecule has 0 aromatic heterocycles. The quantitative estimate of drug-likeness (QED) is 0.770. The molecule has 0 aliphatic heterocycles. The molecule has 2 nitrogen and oxygen atoms in total. The maximum absolute atomic E-state index is 6.06. The van der Waals surface area contributed by atoms with Gasteiger partial charge in [0.1, 0.15) is 11.5 Å².